The zero-order valence-electron chi connectivity index (χ0n) is 11.1. The van der Waals surface area contributed by atoms with E-state index in [-0.39, 0.29) is 23.0 Å². The molecule has 100 valence electrons. The van der Waals surface area contributed by atoms with Gasteiger partial charge in [-0.1, -0.05) is 13.8 Å². The third-order valence-electron chi connectivity index (χ3n) is 3.31. The van der Waals surface area contributed by atoms with E-state index >= 15 is 0 Å². The number of benzene rings is 1. The summed E-state index contributed by atoms with van der Waals surface area (Å²) in [6, 6.07) is 2.43. The van der Waals surface area contributed by atoms with Crippen LogP contribution >= 0.6 is 0 Å². The van der Waals surface area contributed by atoms with Crippen LogP contribution in [-0.4, -0.2) is 24.2 Å². The minimum atomic E-state index is -1.15. The Hall–Kier alpha value is -1.78. The number of carbonyl (C=O) groups is 1. The van der Waals surface area contributed by atoms with E-state index in [1.54, 1.807) is 11.9 Å². The molecule has 1 aromatic carbocycles. The van der Waals surface area contributed by atoms with Crippen molar-refractivity contribution in [1.29, 1.82) is 0 Å². The highest BCUT2D eigenvalue weighted by Crippen LogP contribution is 2.27. The molecule has 0 amide bonds. The normalized spacial score (nSPS) is 12.6. The van der Waals surface area contributed by atoms with Crippen LogP contribution in [0.1, 0.15) is 31.1 Å². The highest BCUT2D eigenvalue weighted by atomic mass is 19.1. The number of nitrogens with two attached hydrogens (primary N) is 1. The van der Waals surface area contributed by atoms with Gasteiger partial charge in [-0.25, -0.2) is 9.18 Å². The van der Waals surface area contributed by atoms with Gasteiger partial charge in [0.05, 0.1) is 11.3 Å². The first-order valence-corrected chi connectivity index (χ1v) is 5.80. The molecular weight excluding hydrogens is 235 g/mol. The van der Waals surface area contributed by atoms with Gasteiger partial charge in [-0.05, 0) is 25.0 Å². The lowest BCUT2D eigenvalue weighted by atomic mass is 10.0. The number of halogens is 1. The Morgan fingerprint density at radius 1 is 1.39 bits per heavy atom. The maximum absolute atomic E-state index is 13.9. The first kappa shape index (κ1) is 14.3. The molecule has 0 spiro atoms. The third kappa shape index (κ3) is 2.72. The van der Waals surface area contributed by atoms with Crippen LogP contribution in [0, 0.1) is 11.7 Å². The summed E-state index contributed by atoms with van der Waals surface area (Å²) in [5.41, 5.74) is 5.60. The van der Waals surface area contributed by atoms with Gasteiger partial charge in [0.2, 0.25) is 0 Å². The summed E-state index contributed by atoms with van der Waals surface area (Å²) >= 11 is 0. The number of anilines is 2. The fourth-order valence-electron chi connectivity index (χ4n) is 1.70. The third-order valence-corrected chi connectivity index (χ3v) is 3.31. The fraction of sp³-hybridized carbons (Fsp3) is 0.462. The van der Waals surface area contributed by atoms with Gasteiger partial charge in [0.15, 0.2) is 0 Å². The average molecular weight is 254 g/mol. The maximum Gasteiger partial charge on any atom is 0.337 e. The molecule has 1 unspecified atom stereocenters. The van der Waals surface area contributed by atoms with E-state index < -0.39 is 11.8 Å². The van der Waals surface area contributed by atoms with Crippen LogP contribution in [0.4, 0.5) is 15.8 Å². The van der Waals surface area contributed by atoms with Crippen LogP contribution in [-0.2, 0) is 0 Å². The van der Waals surface area contributed by atoms with Gasteiger partial charge in [0, 0.05) is 18.8 Å². The van der Waals surface area contributed by atoms with Gasteiger partial charge < -0.3 is 15.7 Å². The van der Waals surface area contributed by atoms with Crippen molar-refractivity contribution in [2.24, 2.45) is 5.92 Å². The molecule has 0 aliphatic carbocycles. The zero-order chi connectivity index (χ0) is 14.0. The molecule has 5 heteroatoms. The Morgan fingerprint density at radius 3 is 2.39 bits per heavy atom. The van der Waals surface area contributed by atoms with Gasteiger partial charge in [-0.2, -0.15) is 0 Å². The van der Waals surface area contributed by atoms with Crippen LogP contribution in [0.3, 0.4) is 0 Å². The summed E-state index contributed by atoms with van der Waals surface area (Å²) in [4.78, 5) is 12.7. The minimum absolute atomic E-state index is 0.0608. The SMILES string of the molecule is CC(C)C(C)N(C)c1cc(C(=O)O)c(N)cc1F. The second kappa shape index (κ2) is 5.25. The van der Waals surface area contributed by atoms with Gasteiger partial charge in [0.25, 0.3) is 0 Å². The number of hydrogen-bond donors (Lipinski definition) is 2. The average Bonchev–Trinajstić information content (AvgIpc) is 2.26. The number of aromatic carboxylic acids is 1. The maximum atomic E-state index is 13.9. The summed E-state index contributed by atoms with van der Waals surface area (Å²) in [5, 5.41) is 8.99. The Kier molecular flexibility index (Phi) is 4.16. The number of carboxylic acids is 1. The van der Waals surface area contributed by atoms with Crippen molar-refractivity contribution in [3.05, 3.63) is 23.5 Å². The van der Waals surface area contributed by atoms with E-state index in [2.05, 4.69) is 0 Å². The first-order valence-electron chi connectivity index (χ1n) is 5.80. The molecule has 1 rings (SSSR count). The number of hydrogen-bond acceptors (Lipinski definition) is 3. The molecule has 1 atom stereocenters. The predicted octanol–water partition coefficient (Wildman–Crippen LogP) is 2.59. The summed E-state index contributed by atoms with van der Waals surface area (Å²) in [6.07, 6.45) is 0. The number of nitrogens with zero attached hydrogens (tertiary/aromatic N) is 1. The molecule has 18 heavy (non-hydrogen) atoms. The molecule has 0 saturated heterocycles. The second-order valence-corrected chi connectivity index (χ2v) is 4.79. The van der Waals surface area contributed by atoms with Crippen LogP contribution in [0.15, 0.2) is 12.1 Å². The predicted molar refractivity (Wildman–Crippen MR) is 70.5 cm³/mol. The monoisotopic (exact) mass is 254 g/mol. The molecule has 0 bridgehead atoms. The van der Waals surface area contributed by atoms with Gasteiger partial charge >= 0.3 is 5.97 Å². The topological polar surface area (TPSA) is 66.6 Å². The lowest BCUT2D eigenvalue weighted by Gasteiger charge is -2.30. The van der Waals surface area contributed by atoms with Crippen molar-refractivity contribution in [3.63, 3.8) is 0 Å². The molecule has 0 heterocycles. The Morgan fingerprint density at radius 2 is 1.94 bits per heavy atom. The van der Waals surface area contributed by atoms with E-state index in [0.717, 1.165) is 6.07 Å². The van der Waals surface area contributed by atoms with Crippen molar-refractivity contribution < 1.29 is 14.3 Å². The second-order valence-electron chi connectivity index (χ2n) is 4.79. The summed E-state index contributed by atoms with van der Waals surface area (Å²) in [5.74, 6) is -1.34. The molecule has 0 aromatic heterocycles. The number of nitrogen functional groups attached to an aromatic ring is 1. The zero-order valence-corrected chi connectivity index (χ0v) is 11.1. The van der Waals surface area contributed by atoms with Crippen LogP contribution in [0.2, 0.25) is 0 Å². The van der Waals surface area contributed by atoms with E-state index in [4.69, 9.17) is 10.8 Å². The van der Waals surface area contributed by atoms with Gasteiger partial charge in [0.1, 0.15) is 5.82 Å². The summed E-state index contributed by atoms with van der Waals surface area (Å²) in [6.45, 7) is 6.00. The molecule has 0 aliphatic rings. The van der Waals surface area contributed by atoms with Crippen molar-refractivity contribution in [3.8, 4) is 0 Å². The quantitative estimate of drug-likeness (QED) is 0.810. The van der Waals surface area contributed by atoms with Crippen molar-refractivity contribution in [2.75, 3.05) is 17.7 Å². The molecule has 3 N–H and O–H groups in total. The van der Waals surface area contributed by atoms with Crippen LogP contribution in [0.5, 0.6) is 0 Å². The van der Waals surface area contributed by atoms with E-state index in [1.807, 2.05) is 20.8 Å². The van der Waals surface area contributed by atoms with Crippen molar-refractivity contribution >= 4 is 17.3 Å². The number of rotatable bonds is 4. The molecule has 0 fully saturated rings. The lowest BCUT2D eigenvalue weighted by molar-refractivity contribution is 0.0698. The molecule has 0 aliphatic heterocycles. The highest BCUT2D eigenvalue weighted by Gasteiger charge is 2.20. The Bertz CT molecular complexity index is 461. The molecule has 0 saturated carbocycles. The van der Waals surface area contributed by atoms with E-state index in [0.29, 0.717) is 5.92 Å². The number of carboxylic acid groups (broad SMARTS) is 1. The highest BCUT2D eigenvalue weighted by molar-refractivity contribution is 5.95. The largest absolute Gasteiger partial charge is 0.478 e. The molecular formula is C13H19FN2O2. The van der Waals surface area contributed by atoms with E-state index in [9.17, 15) is 9.18 Å². The fourth-order valence-corrected chi connectivity index (χ4v) is 1.70. The smallest absolute Gasteiger partial charge is 0.337 e. The van der Waals surface area contributed by atoms with Crippen molar-refractivity contribution in [2.45, 2.75) is 26.8 Å². The molecule has 1 aromatic rings. The van der Waals surface area contributed by atoms with Gasteiger partial charge in [-0.3, -0.25) is 0 Å². The summed E-state index contributed by atoms with van der Waals surface area (Å²) < 4.78 is 13.9. The Labute approximate surface area is 106 Å². The van der Waals surface area contributed by atoms with Crippen LogP contribution in [0.25, 0.3) is 0 Å². The lowest BCUT2D eigenvalue weighted by Crippen LogP contribution is -2.34. The molecule has 4 nitrogen and oxygen atoms in total. The standard InChI is InChI=1S/C13H19FN2O2/c1-7(2)8(3)16(4)12-5-9(13(17)18)11(15)6-10(12)14/h5-8H,15H2,1-4H3,(H,17,18). The van der Waals surface area contributed by atoms with E-state index in [1.165, 1.54) is 6.07 Å². The van der Waals surface area contributed by atoms with Crippen LogP contribution < -0.4 is 10.6 Å². The van der Waals surface area contributed by atoms with Crippen molar-refractivity contribution in [1.82, 2.24) is 0 Å². The first-order chi connectivity index (χ1) is 8.25. The minimum Gasteiger partial charge on any atom is -0.478 e. The molecule has 0 radical (unpaired) electrons. The Balaban J connectivity index is 3.24. The van der Waals surface area contributed by atoms with Gasteiger partial charge in [-0.15, -0.1) is 0 Å². The summed E-state index contributed by atoms with van der Waals surface area (Å²) in [7, 11) is 1.74.